The third-order valence-electron chi connectivity index (χ3n) is 5.31. The summed E-state index contributed by atoms with van der Waals surface area (Å²) in [5.41, 5.74) is 2.72. The van der Waals surface area contributed by atoms with E-state index in [9.17, 15) is 18.0 Å². The number of sulfone groups is 1. The molecule has 0 spiro atoms. The Morgan fingerprint density at radius 1 is 0.875 bits per heavy atom. The molecule has 0 radical (unpaired) electrons. The van der Waals surface area contributed by atoms with Crippen molar-refractivity contribution < 1.29 is 18.0 Å². The molecule has 6 nitrogen and oxygen atoms in total. The fourth-order valence-electron chi connectivity index (χ4n) is 3.32. The minimum atomic E-state index is -3.52. The van der Waals surface area contributed by atoms with Crippen molar-refractivity contribution in [3.05, 3.63) is 95.1 Å². The van der Waals surface area contributed by atoms with Crippen LogP contribution in [0.15, 0.2) is 77.7 Å². The Bertz CT molecular complexity index is 1270. The largest absolute Gasteiger partial charge is 0.349 e. The Labute approximate surface area is 187 Å². The molecule has 1 aliphatic rings. The molecule has 32 heavy (non-hydrogen) atoms. The predicted molar refractivity (Wildman–Crippen MR) is 123 cm³/mol. The van der Waals surface area contributed by atoms with E-state index in [0.717, 1.165) is 18.4 Å². The maximum atomic E-state index is 12.9. The highest BCUT2D eigenvalue weighted by atomic mass is 32.2. The Kier molecular flexibility index (Phi) is 6.10. The van der Waals surface area contributed by atoms with E-state index in [1.165, 1.54) is 0 Å². The van der Waals surface area contributed by atoms with Gasteiger partial charge in [-0.25, -0.2) is 8.42 Å². The van der Waals surface area contributed by atoms with Gasteiger partial charge in [0.25, 0.3) is 11.8 Å². The molecule has 0 aromatic heterocycles. The van der Waals surface area contributed by atoms with Crippen molar-refractivity contribution in [2.45, 2.75) is 36.5 Å². The van der Waals surface area contributed by atoms with Crippen LogP contribution in [-0.2, 0) is 15.6 Å². The molecule has 1 saturated carbocycles. The molecule has 0 bridgehead atoms. The fraction of sp³-hybridized carbons (Fsp3) is 0.200. The molecule has 0 heterocycles. The zero-order valence-electron chi connectivity index (χ0n) is 17.7. The molecular weight excluding hydrogens is 424 g/mol. The molecule has 4 rings (SSSR count). The molecule has 0 aliphatic heterocycles. The monoisotopic (exact) mass is 448 g/mol. The third kappa shape index (κ3) is 5.23. The van der Waals surface area contributed by atoms with E-state index in [4.69, 9.17) is 0 Å². The van der Waals surface area contributed by atoms with Crippen LogP contribution in [0.3, 0.4) is 0 Å². The van der Waals surface area contributed by atoms with Crippen LogP contribution in [0, 0.1) is 6.92 Å². The number of carbonyl (C=O) groups excluding carboxylic acids is 2. The maximum absolute atomic E-state index is 12.9. The second-order valence-corrected chi connectivity index (χ2v) is 9.99. The molecule has 0 unspecified atom stereocenters. The first-order valence-electron chi connectivity index (χ1n) is 10.4. The van der Waals surface area contributed by atoms with Gasteiger partial charge in [0.2, 0.25) is 0 Å². The number of anilines is 1. The minimum absolute atomic E-state index is 0.156. The van der Waals surface area contributed by atoms with Gasteiger partial charge < -0.3 is 10.6 Å². The predicted octanol–water partition coefficient (Wildman–Crippen LogP) is 4.11. The first-order chi connectivity index (χ1) is 15.3. The number of rotatable bonds is 7. The smallest absolute Gasteiger partial charge is 0.255 e. The van der Waals surface area contributed by atoms with Crippen molar-refractivity contribution in [3.63, 3.8) is 0 Å². The molecule has 1 fully saturated rings. The van der Waals surface area contributed by atoms with Gasteiger partial charge in [-0.2, -0.15) is 0 Å². The zero-order chi connectivity index (χ0) is 22.7. The standard InChI is InChI=1S/C25H24N2O4S/c1-17-10-11-20(24(28)26-21-12-13-21)15-23(17)27-25(29)19-7-5-6-18(14-19)16-32(30,31)22-8-3-2-4-9-22/h2-11,14-15,21H,12-13,16H2,1H3,(H,26,28)(H,27,29). The molecular formula is C25H24N2O4S. The van der Waals surface area contributed by atoms with Gasteiger partial charge in [-0.05, 0) is 67.3 Å². The van der Waals surface area contributed by atoms with Crippen LogP contribution in [-0.4, -0.2) is 26.3 Å². The number of carbonyl (C=O) groups is 2. The van der Waals surface area contributed by atoms with Crippen molar-refractivity contribution in [1.29, 1.82) is 0 Å². The van der Waals surface area contributed by atoms with Crippen LogP contribution in [0.5, 0.6) is 0 Å². The quantitative estimate of drug-likeness (QED) is 0.569. The Hall–Kier alpha value is -3.45. The number of amides is 2. The van der Waals surface area contributed by atoms with Crippen molar-refractivity contribution in [2.75, 3.05) is 5.32 Å². The van der Waals surface area contributed by atoms with E-state index < -0.39 is 9.84 Å². The Balaban J connectivity index is 1.50. The summed E-state index contributed by atoms with van der Waals surface area (Å²) < 4.78 is 25.3. The van der Waals surface area contributed by atoms with Crippen LogP contribution in [0.4, 0.5) is 5.69 Å². The first kappa shape index (κ1) is 21.8. The molecule has 164 valence electrons. The lowest BCUT2D eigenvalue weighted by Crippen LogP contribution is -2.25. The van der Waals surface area contributed by atoms with E-state index in [2.05, 4.69) is 10.6 Å². The van der Waals surface area contributed by atoms with E-state index >= 15 is 0 Å². The minimum Gasteiger partial charge on any atom is -0.349 e. The second-order valence-electron chi connectivity index (χ2n) is 8.00. The van der Waals surface area contributed by atoms with Crippen molar-refractivity contribution in [1.82, 2.24) is 5.32 Å². The molecule has 7 heteroatoms. The van der Waals surface area contributed by atoms with E-state index in [0.29, 0.717) is 22.4 Å². The van der Waals surface area contributed by atoms with Crippen molar-refractivity contribution in [2.24, 2.45) is 0 Å². The highest BCUT2D eigenvalue weighted by Gasteiger charge is 2.24. The molecule has 3 aromatic carbocycles. The lowest BCUT2D eigenvalue weighted by molar-refractivity contribution is 0.0949. The lowest BCUT2D eigenvalue weighted by Gasteiger charge is -2.12. The lowest BCUT2D eigenvalue weighted by atomic mass is 10.1. The number of nitrogens with one attached hydrogen (secondary N) is 2. The SMILES string of the molecule is Cc1ccc(C(=O)NC2CC2)cc1NC(=O)c1cccc(CS(=O)(=O)c2ccccc2)c1. The second kappa shape index (κ2) is 8.96. The van der Waals surface area contributed by atoms with Gasteiger partial charge in [-0.15, -0.1) is 0 Å². The number of benzene rings is 3. The summed E-state index contributed by atoms with van der Waals surface area (Å²) in [6.07, 6.45) is 2.00. The molecule has 2 amide bonds. The summed E-state index contributed by atoms with van der Waals surface area (Å²) in [5, 5.41) is 5.78. The summed E-state index contributed by atoms with van der Waals surface area (Å²) in [4.78, 5) is 25.4. The number of aryl methyl sites for hydroxylation is 1. The van der Waals surface area contributed by atoms with Crippen molar-refractivity contribution in [3.8, 4) is 0 Å². The summed E-state index contributed by atoms with van der Waals surface area (Å²) >= 11 is 0. The van der Waals surface area contributed by atoms with Crippen molar-refractivity contribution >= 4 is 27.3 Å². The third-order valence-corrected chi connectivity index (χ3v) is 7.01. The summed E-state index contributed by atoms with van der Waals surface area (Å²) in [7, 11) is -3.52. The van der Waals surface area contributed by atoms with Gasteiger partial charge >= 0.3 is 0 Å². The van der Waals surface area contributed by atoms with E-state index in [1.807, 2.05) is 6.92 Å². The average molecular weight is 449 g/mol. The highest BCUT2D eigenvalue weighted by molar-refractivity contribution is 7.90. The average Bonchev–Trinajstić information content (AvgIpc) is 3.59. The summed E-state index contributed by atoms with van der Waals surface area (Å²) in [6.45, 7) is 1.85. The van der Waals surface area contributed by atoms with Gasteiger partial charge in [-0.3, -0.25) is 9.59 Å². The number of hydrogen-bond donors (Lipinski definition) is 2. The van der Waals surface area contributed by atoms with Gasteiger partial charge in [0, 0.05) is 22.9 Å². The summed E-state index contributed by atoms with van der Waals surface area (Å²) in [6, 6.07) is 20.2. The van der Waals surface area contributed by atoms with Gasteiger partial charge in [0.05, 0.1) is 10.6 Å². The van der Waals surface area contributed by atoms with Crippen LogP contribution in [0.1, 0.15) is 44.7 Å². The van der Waals surface area contributed by atoms with Crippen LogP contribution >= 0.6 is 0 Å². The highest BCUT2D eigenvalue weighted by Crippen LogP contribution is 2.22. The zero-order valence-corrected chi connectivity index (χ0v) is 18.5. The fourth-order valence-corrected chi connectivity index (χ4v) is 4.68. The molecule has 2 N–H and O–H groups in total. The molecule has 1 aliphatic carbocycles. The molecule has 3 aromatic rings. The maximum Gasteiger partial charge on any atom is 0.255 e. The normalized spacial score (nSPS) is 13.4. The van der Waals surface area contributed by atoms with Crippen LogP contribution < -0.4 is 10.6 Å². The van der Waals surface area contributed by atoms with Gasteiger partial charge in [0.15, 0.2) is 9.84 Å². The topological polar surface area (TPSA) is 92.3 Å². The van der Waals surface area contributed by atoms with E-state index in [-0.39, 0.29) is 28.5 Å². The Morgan fingerprint density at radius 2 is 1.59 bits per heavy atom. The van der Waals surface area contributed by atoms with Gasteiger partial charge in [-0.1, -0.05) is 36.4 Å². The number of hydrogen-bond acceptors (Lipinski definition) is 4. The van der Waals surface area contributed by atoms with Crippen LogP contribution in [0.25, 0.3) is 0 Å². The molecule has 0 atom stereocenters. The van der Waals surface area contributed by atoms with E-state index in [1.54, 1.807) is 72.8 Å². The summed E-state index contributed by atoms with van der Waals surface area (Å²) in [5.74, 6) is -0.725. The van der Waals surface area contributed by atoms with Crippen LogP contribution in [0.2, 0.25) is 0 Å². The molecule has 0 saturated heterocycles. The van der Waals surface area contributed by atoms with Gasteiger partial charge in [0.1, 0.15) is 0 Å². The first-order valence-corrected chi connectivity index (χ1v) is 12.1. The Morgan fingerprint density at radius 3 is 2.31 bits per heavy atom.